The summed E-state index contributed by atoms with van der Waals surface area (Å²) in [6.07, 6.45) is 28.7. The molecule has 4 aromatic rings. The third-order valence-electron chi connectivity index (χ3n) is 9.67. The Balaban J connectivity index is 1.20. The smallest absolute Gasteiger partial charge is 0.119 e. The first-order valence-electron chi connectivity index (χ1n) is 19.6. The van der Waals surface area contributed by atoms with E-state index >= 15 is 0 Å². The Bertz CT molecular complexity index is 1490. The summed E-state index contributed by atoms with van der Waals surface area (Å²) in [6.45, 7) is 5.22. The first-order valence-corrected chi connectivity index (χ1v) is 21.2. The van der Waals surface area contributed by atoms with Crippen LogP contribution in [0, 0.1) is 0 Å². The highest BCUT2D eigenvalue weighted by molar-refractivity contribution is 9.11. The summed E-state index contributed by atoms with van der Waals surface area (Å²) in [5.74, 6) is 0.889. The highest BCUT2D eigenvalue weighted by atomic mass is 79.9. The molecule has 0 amide bonds. The van der Waals surface area contributed by atoms with Crippen molar-refractivity contribution < 1.29 is 4.74 Å². The van der Waals surface area contributed by atoms with Gasteiger partial charge in [-0.1, -0.05) is 154 Å². The van der Waals surface area contributed by atoms with E-state index in [0.29, 0.717) is 0 Å². The molecule has 1 heterocycles. The second-order valence-electron chi connectivity index (χ2n) is 13.8. The zero-order valence-corrected chi connectivity index (χ0v) is 33.6. The molecule has 49 heavy (non-hydrogen) atoms. The summed E-state index contributed by atoms with van der Waals surface area (Å²) in [7, 11) is 0. The molecule has 0 atom stereocenters. The lowest BCUT2D eigenvalue weighted by atomic mass is 10.00. The molecule has 5 heteroatoms. The Labute approximate surface area is 314 Å². The maximum absolute atomic E-state index is 5.92. The molecular weight excluding hydrogens is 732 g/mol. The van der Waals surface area contributed by atoms with E-state index in [1.54, 1.807) is 0 Å². The number of nitrogens with zero attached hydrogens (tertiary/aromatic N) is 2. The minimum Gasteiger partial charge on any atom is -0.494 e. The fourth-order valence-electron chi connectivity index (χ4n) is 6.58. The molecule has 0 aliphatic carbocycles. The van der Waals surface area contributed by atoms with E-state index in [4.69, 9.17) is 14.7 Å². The standard InChI is InChI=1S/C44H60Br2N2O/c1-3-5-7-8-9-10-11-12-13-14-15-16-17-18-19-20-21-22-23-35-24-26-36(27-25-35)41-42(37-28-30-38(31-29-37)49-34-6-4-2)48-44-40(46)33-32-39(45)43(44)47-41/h24-33H,3-23,34H2,1-2H3. The van der Waals surface area contributed by atoms with Gasteiger partial charge in [0.2, 0.25) is 0 Å². The van der Waals surface area contributed by atoms with Crippen LogP contribution in [0.2, 0.25) is 0 Å². The summed E-state index contributed by atoms with van der Waals surface area (Å²) in [6, 6.07) is 21.3. The van der Waals surface area contributed by atoms with Gasteiger partial charge in [-0.2, -0.15) is 0 Å². The van der Waals surface area contributed by atoms with Gasteiger partial charge in [0, 0.05) is 20.1 Å². The normalized spacial score (nSPS) is 11.4. The number of rotatable bonds is 25. The average Bonchev–Trinajstić information content (AvgIpc) is 3.13. The SMILES string of the molecule is CCCCCCCCCCCCCCCCCCCCc1ccc(-c2nc3c(Br)ccc(Br)c3nc2-c2ccc(OCCCC)cc2)cc1. The van der Waals surface area contributed by atoms with Crippen molar-refractivity contribution in [2.45, 2.75) is 149 Å². The van der Waals surface area contributed by atoms with Crippen LogP contribution in [-0.2, 0) is 6.42 Å². The molecular formula is C44H60Br2N2O. The van der Waals surface area contributed by atoms with Crippen molar-refractivity contribution in [1.29, 1.82) is 0 Å². The molecule has 0 N–H and O–H groups in total. The van der Waals surface area contributed by atoms with Crippen molar-refractivity contribution >= 4 is 42.9 Å². The highest BCUT2D eigenvalue weighted by Crippen LogP contribution is 2.36. The van der Waals surface area contributed by atoms with E-state index in [1.807, 2.05) is 24.3 Å². The van der Waals surface area contributed by atoms with E-state index < -0.39 is 0 Å². The molecule has 0 fully saturated rings. The molecule has 0 saturated heterocycles. The molecule has 0 radical (unpaired) electrons. The molecule has 0 bridgehead atoms. The number of hydrogen-bond donors (Lipinski definition) is 0. The van der Waals surface area contributed by atoms with Crippen LogP contribution >= 0.6 is 31.9 Å². The van der Waals surface area contributed by atoms with Crippen molar-refractivity contribution in [2.75, 3.05) is 6.61 Å². The lowest BCUT2D eigenvalue weighted by Gasteiger charge is -2.13. The minimum absolute atomic E-state index is 0.740. The van der Waals surface area contributed by atoms with Crippen LogP contribution in [0.25, 0.3) is 33.5 Å². The monoisotopic (exact) mass is 790 g/mol. The molecule has 3 nitrogen and oxygen atoms in total. The van der Waals surface area contributed by atoms with Gasteiger partial charge in [-0.25, -0.2) is 9.97 Å². The third kappa shape index (κ3) is 13.8. The Morgan fingerprint density at radius 2 is 0.837 bits per heavy atom. The molecule has 0 unspecified atom stereocenters. The van der Waals surface area contributed by atoms with Gasteiger partial charge in [-0.15, -0.1) is 0 Å². The predicted octanol–water partition coefficient (Wildman–Crippen LogP) is 15.3. The number of unbranched alkanes of at least 4 members (excludes halogenated alkanes) is 18. The molecule has 1 aromatic heterocycles. The Kier molecular flexibility index (Phi) is 18.8. The molecule has 3 aromatic carbocycles. The van der Waals surface area contributed by atoms with Gasteiger partial charge in [-0.05, 0) is 93.1 Å². The maximum atomic E-state index is 5.92. The molecule has 0 aliphatic heterocycles. The summed E-state index contributed by atoms with van der Waals surface area (Å²) in [4.78, 5) is 10.3. The summed E-state index contributed by atoms with van der Waals surface area (Å²) in [5, 5.41) is 0. The van der Waals surface area contributed by atoms with E-state index in [9.17, 15) is 0 Å². The number of ether oxygens (including phenoxy) is 1. The van der Waals surface area contributed by atoms with Gasteiger partial charge in [0.05, 0.1) is 18.0 Å². The molecule has 0 spiro atoms. The van der Waals surface area contributed by atoms with E-state index in [-0.39, 0.29) is 0 Å². The van der Waals surface area contributed by atoms with Crippen molar-refractivity contribution in [1.82, 2.24) is 9.97 Å². The van der Waals surface area contributed by atoms with E-state index in [1.165, 1.54) is 121 Å². The van der Waals surface area contributed by atoms with Gasteiger partial charge < -0.3 is 4.74 Å². The Morgan fingerprint density at radius 1 is 0.449 bits per heavy atom. The fourth-order valence-corrected chi connectivity index (χ4v) is 7.40. The number of aromatic nitrogens is 2. The van der Waals surface area contributed by atoms with Crippen LogP contribution < -0.4 is 4.74 Å². The summed E-state index contributed by atoms with van der Waals surface area (Å²) < 4.78 is 7.80. The van der Waals surface area contributed by atoms with E-state index in [0.717, 1.165) is 74.1 Å². The van der Waals surface area contributed by atoms with Crippen molar-refractivity contribution in [3.8, 4) is 28.3 Å². The van der Waals surface area contributed by atoms with Gasteiger partial charge in [-0.3, -0.25) is 0 Å². The largest absolute Gasteiger partial charge is 0.494 e. The number of fused-ring (bicyclic) bond motifs is 1. The zero-order chi connectivity index (χ0) is 34.5. The predicted molar refractivity (Wildman–Crippen MR) is 219 cm³/mol. The lowest BCUT2D eigenvalue weighted by molar-refractivity contribution is 0.309. The fraction of sp³-hybridized carbons (Fsp3) is 0.545. The average molecular weight is 793 g/mol. The molecule has 4 rings (SSSR count). The maximum Gasteiger partial charge on any atom is 0.119 e. The van der Waals surface area contributed by atoms with Gasteiger partial charge in [0.25, 0.3) is 0 Å². The van der Waals surface area contributed by atoms with Crippen molar-refractivity contribution in [2.24, 2.45) is 0 Å². The zero-order valence-electron chi connectivity index (χ0n) is 30.4. The first-order chi connectivity index (χ1) is 24.1. The first kappa shape index (κ1) is 39.5. The van der Waals surface area contributed by atoms with Crippen LogP contribution in [0.1, 0.15) is 148 Å². The number of hydrogen-bond acceptors (Lipinski definition) is 3. The lowest BCUT2D eigenvalue weighted by Crippen LogP contribution is -1.98. The quantitative estimate of drug-likeness (QED) is 0.0627. The van der Waals surface area contributed by atoms with Crippen LogP contribution in [0.5, 0.6) is 5.75 Å². The van der Waals surface area contributed by atoms with Gasteiger partial charge in [0.1, 0.15) is 16.8 Å². The second-order valence-corrected chi connectivity index (χ2v) is 15.5. The van der Waals surface area contributed by atoms with Crippen molar-refractivity contribution in [3.05, 3.63) is 75.2 Å². The summed E-state index contributed by atoms with van der Waals surface area (Å²) >= 11 is 7.41. The van der Waals surface area contributed by atoms with Gasteiger partial charge >= 0.3 is 0 Å². The molecule has 0 saturated carbocycles. The van der Waals surface area contributed by atoms with Crippen LogP contribution in [0.3, 0.4) is 0 Å². The Hall–Kier alpha value is -2.24. The highest BCUT2D eigenvalue weighted by Gasteiger charge is 2.16. The van der Waals surface area contributed by atoms with Gasteiger partial charge in [0.15, 0.2) is 0 Å². The number of halogens is 2. The van der Waals surface area contributed by atoms with E-state index in [2.05, 4.69) is 82.1 Å². The van der Waals surface area contributed by atoms with Crippen LogP contribution in [0.4, 0.5) is 0 Å². The molecule has 266 valence electrons. The third-order valence-corrected chi connectivity index (χ3v) is 10.9. The summed E-state index contributed by atoms with van der Waals surface area (Å²) in [5.41, 5.74) is 6.99. The number of benzene rings is 3. The van der Waals surface area contributed by atoms with Crippen LogP contribution in [-0.4, -0.2) is 16.6 Å². The number of aryl methyl sites for hydroxylation is 1. The van der Waals surface area contributed by atoms with Crippen LogP contribution in [0.15, 0.2) is 69.6 Å². The van der Waals surface area contributed by atoms with Crippen molar-refractivity contribution in [3.63, 3.8) is 0 Å². The topological polar surface area (TPSA) is 35.0 Å². The minimum atomic E-state index is 0.740. The molecule has 0 aliphatic rings. The second kappa shape index (κ2) is 23.3. The Morgan fingerprint density at radius 3 is 1.27 bits per heavy atom.